The van der Waals surface area contributed by atoms with Crippen molar-refractivity contribution in [1.29, 1.82) is 0 Å². The van der Waals surface area contributed by atoms with Crippen LogP contribution in [0.3, 0.4) is 0 Å². The Bertz CT molecular complexity index is 565. The summed E-state index contributed by atoms with van der Waals surface area (Å²) in [6.45, 7) is 0. The molecular formula is C8H7BrN4O2S. The third-order valence-corrected chi connectivity index (χ3v) is 3.50. The van der Waals surface area contributed by atoms with Crippen LogP contribution >= 0.6 is 15.9 Å². The van der Waals surface area contributed by atoms with Gasteiger partial charge in [-0.3, -0.25) is 4.72 Å². The highest BCUT2D eigenvalue weighted by Crippen LogP contribution is 2.13. The first kappa shape index (κ1) is 11.1. The molecule has 8 heteroatoms. The molecule has 0 radical (unpaired) electrons. The maximum Gasteiger partial charge on any atom is 0.264 e. The summed E-state index contributed by atoms with van der Waals surface area (Å²) in [6.07, 6.45) is 5.65. The molecule has 0 atom stereocenters. The summed E-state index contributed by atoms with van der Waals surface area (Å²) in [5.41, 5.74) is 0. The zero-order chi connectivity index (χ0) is 11.6. The van der Waals surface area contributed by atoms with Crippen molar-refractivity contribution in [3.05, 3.63) is 35.5 Å². The van der Waals surface area contributed by atoms with Crippen molar-refractivity contribution in [1.82, 2.24) is 15.0 Å². The average Bonchev–Trinajstić information content (AvgIpc) is 2.75. The van der Waals surface area contributed by atoms with Crippen LogP contribution in [0.4, 0.5) is 5.82 Å². The van der Waals surface area contributed by atoms with Crippen molar-refractivity contribution >= 4 is 31.8 Å². The van der Waals surface area contributed by atoms with E-state index in [1.807, 2.05) is 0 Å². The second-order valence-electron chi connectivity index (χ2n) is 2.88. The van der Waals surface area contributed by atoms with Gasteiger partial charge in [0.15, 0.2) is 5.82 Å². The molecule has 2 N–H and O–H groups in total. The molecule has 2 heterocycles. The molecule has 6 nitrogen and oxygen atoms in total. The molecule has 2 aromatic rings. The lowest BCUT2D eigenvalue weighted by molar-refractivity contribution is 0.601. The van der Waals surface area contributed by atoms with Gasteiger partial charge in [0, 0.05) is 12.4 Å². The fraction of sp³-hybridized carbons (Fsp3) is 0. The van der Waals surface area contributed by atoms with Crippen molar-refractivity contribution in [2.24, 2.45) is 0 Å². The molecule has 0 aliphatic carbocycles. The van der Waals surface area contributed by atoms with Gasteiger partial charge in [0.1, 0.15) is 9.50 Å². The Morgan fingerprint density at radius 1 is 1.31 bits per heavy atom. The van der Waals surface area contributed by atoms with E-state index >= 15 is 0 Å². The SMILES string of the molecule is O=S(=O)(Nc1cnc(Br)cn1)c1cc[nH]c1. The molecule has 0 spiro atoms. The Kier molecular flexibility index (Phi) is 2.92. The van der Waals surface area contributed by atoms with E-state index in [1.165, 1.54) is 30.9 Å². The summed E-state index contributed by atoms with van der Waals surface area (Å²) in [4.78, 5) is 10.5. The van der Waals surface area contributed by atoms with E-state index in [0.29, 0.717) is 4.60 Å². The van der Waals surface area contributed by atoms with E-state index in [0.717, 1.165) is 0 Å². The number of anilines is 1. The van der Waals surface area contributed by atoms with Crippen LogP contribution in [0.15, 0.2) is 40.4 Å². The van der Waals surface area contributed by atoms with E-state index in [2.05, 4.69) is 35.6 Å². The minimum Gasteiger partial charge on any atom is -0.366 e. The number of H-pyrrole nitrogens is 1. The predicted molar refractivity (Wildman–Crippen MR) is 61.3 cm³/mol. The number of rotatable bonds is 3. The summed E-state index contributed by atoms with van der Waals surface area (Å²) in [5.74, 6) is 0.171. The molecule has 0 aliphatic heterocycles. The smallest absolute Gasteiger partial charge is 0.264 e. The molecule has 0 saturated heterocycles. The van der Waals surface area contributed by atoms with Crippen molar-refractivity contribution in [2.75, 3.05) is 4.72 Å². The quantitative estimate of drug-likeness (QED) is 0.896. The van der Waals surface area contributed by atoms with E-state index in [9.17, 15) is 8.42 Å². The number of aromatic amines is 1. The van der Waals surface area contributed by atoms with Gasteiger partial charge in [-0.2, -0.15) is 0 Å². The Morgan fingerprint density at radius 2 is 2.12 bits per heavy atom. The molecule has 84 valence electrons. The largest absolute Gasteiger partial charge is 0.366 e. The number of nitrogens with zero attached hydrogens (tertiary/aromatic N) is 2. The van der Waals surface area contributed by atoms with Gasteiger partial charge in [-0.05, 0) is 22.0 Å². The van der Waals surface area contributed by atoms with Crippen molar-refractivity contribution in [2.45, 2.75) is 4.90 Å². The standard InChI is InChI=1S/C8H7BrN4O2S/c9-7-4-12-8(5-11-7)13-16(14,15)6-1-2-10-3-6/h1-5,10H,(H,12,13). The summed E-state index contributed by atoms with van der Waals surface area (Å²) in [6, 6.07) is 1.45. The van der Waals surface area contributed by atoms with Gasteiger partial charge in [-0.25, -0.2) is 18.4 Å². The van der Waals surface area contributed by atoms with E-state index in [4.69, 9.17) is 0 Å². The summed E-state index contributed by atoms with van der Waals surface area (Å²) < 4.78 is 26.3. The lowest BCUT2D eigenvalue weighted by Gasteiger charge is -2.04. The fourth-order valence-electron chi connectivity index (χ4n) is 1.04. The van der Waals surface area contributed by atoms with Crippen molar-refractivity contribution < 1.29 is 8.42 Å². The maximum atomic E-state index is 11.7. The first-order valence-electron chi connectivity index (χ1n) is 4.21. The number of halogens is 1. The van der Waals surface area contributed by atoms with E-state index in [1.54, 1.807) is 0 Å². The molecule has 0 aromatic carbocycles. The number of hydrogen-bond acceptors (Lipinski definition) is 4. The second kappa shape index (κ2) is 4.22. The number of aromatic nitrogens is 3. The Hall–Kier alpha value is -1.41. The van der Waals surface area contributed by atoms with Crippen LogP contribution < -0.4 is 4.72 Å². The lowest BCUT2D eigenvalue weighted by atomic mass is 10.7. The van der Waals surface area contributed by atoms with Gasteiger partial charge in [-0.1, -0.05) is 0 Å². The monoisotopic (exact) mass is 302 g/mol. The Balaban J connectivity index is 2.25. The highest BCUT2D eigenvalue weighted by atomic mass is 79.9. The van der Waals surface area contributed by atoms with Gasteiger partial charge in [-0.15, -0.1) is 0 Å². The molecule has 0 aliphatic rings. The molecular weight excluding hydrogens is 296 g/mol. The molecule has 0 fully saturated rings. The zero-order valence-corrected chi connectivity index (χ0v) is 10.3. The average molecular weight is 303 g/mol. The van der Waals surface area contributed by atoms with E-state index in [-0.39, 0.29) is 10.7 Å². The third-order valence-electron chi connectivity index (χ3n) is 1.74. The second-order valence-corrected chi connectivity index (χ2v) is 5.37. The van der Waals surface area contributed by atoms with E-state index < -0.39 is 10.0 Å². The minimum atomic E-state index is -3.58. The number of nitrogens with one attached hydrogen (secondary N) is 2. The molecule has 0 unspecified atom stereocenters. The van der Waals surface area contributed by atoms with Gasteiger partial charge < -0.3 is 4.98 Å². The van der Waals surface area contributed by atoms with Crippen LogP contribution in [-0.2, 0) is 10.0 Å². The zero-order valence-electron chi connectivity index (χ0n) is 7.88. The molecule has 2 rings (SSSR count). The van der Waals surface area contributed by atoms with Gasteiger partial charge >= 0.3 is 0 Å². The highest BCUT2D eigenvalue weighted by molar-refractivity contribution is 9.10. The summed E-state index contributed by atoms with van der Waals surface area (Å²) in [5, 5.41) is 0. The molecule has 0 amide bonds. The third kappa shape index (κ3) is 2.39. The van der Waals surface area contributed by atoms with Gasteiger partial charge in [0.25, 0.3) is 10.0 Å². The topological polar surface area (TPSA) is 87.7 Å². The van der Waals surface area contributed by atoms with Gasteiger partial charge in [0.05, 0.1) is 12.4 Å². The fourth-order valence-corrected chi connectivity index (χ4v) is 2.21. The highest BCUT2D eigenvalue weighted by Gasteiger charge is 2.14. The van der Waals surface area contributed by atoms with Crippen molar-refractivity contribution in [3.63, 3.8) is 0 Å². The first-order valence-corrected chi connectivity index (χ1v) is 6.49. The lowest BCUT2D eigenvalue weighted by Crippen LogP contribution is -2.13. The Morgan fingerprint density at radius 3 is 2.69 bits per heavy atom. The number of hydrogen-bond donors (Lipinski definition) is 2. The molecule has 0 bridgehead atoms. The van der Waals surface area contributed by atoms with Crippen LogP contribution in [0, 0.1) is 0 Å². The molecule has 0 saturated carbocycles. The first-order chi connectivity index (χ1) is 7.58. The summed E-state index contributed by atoms with van der Waals surface area (Å²) in [7, 11) is -3.58. The van der Waals surface area contributed by atoms with Crippen LogP contribution in [-0.4, -0.2) is 23.4 Å². The minimum absolute atomic E-state index is 0.150. The summed E-state index contributed by atoms with van der Waals surface area (Å²) >= 11 is 3.11. The Labute approximate surface area is 100 Å². The molecule has 2 aromatic heterocycles. The van der Waals surface area contributed by atoms with Crippen LogP contribution in [0.25, 0.3) is 0 Å². The van der Waals surface area contributed by atoms with Crippen LogP contribution in [0.2, 0.25) is 0 Å². The van der Waals surface area contributed by atoms with Gasteiger partial charge in [0.2, 0.25) is 0 Å². The van der Waals surface area contributed by atoms with Crippen LogP contribution in [0.1, 0.15) is 0 Å². The maximum absolute atomic E-state index is 11.7. The number of sulfonamides is 1. The van der Waals surface area contributed by atoms with Crippen molar-refractivity contribution in [3.8, 4) is 0 Å². The normalized spacial score (nSPS) is 11.3. The van der Waals surface area contributed by atoms with Crippen LogP contribution in [0.5, 0.6) is 0 Å². The predicted octanol–water partition coefficient (Wildman–Crippen LogP) is 1.37. The molecule has 16 heavy (non-hydrogen) atoms.